The second kappa shape index (κ2) is 5.54. The highest BCUT2D eigenvalue weighted by atomic mass is 16.5. The van der Waals surface area contributed by atoms with E-state index in [1.165, 1.54) is 12.8 Å². The first-order valence-electron chi connectivity index (χ1n) is 8.40. The Labute approximate surface area is 131 Å². The Morgan fingerprint density at radius 1 is 1.32 bits per heavy atom. The molecule has 118 valence electrons. The zero-order chi connectivity index (χ0) is 15.0. The van der Waals surface area contributed by atoms with Gasteiger partial charge < -0.3 is 15.0 Å². The number of ether oxygens (including phenoxy) is 1. The van der Waals surface area contributed by atoms with Crippen LogP contribution in [0.5, 0.6) is 0 Å². The van der Waals surface area contributed by atoms with Crippen molar-refractivity contribution in [2.75, 3.05) is 24.6 Å². The van der Waals surface area contributed by atoms with Gasteiger partial charge in [-0.1, -0.05) is 0 Å². The molecule has 1 N–H and O–H groups in total. The van der Waals surface area contributed by atoms with Crippen LogP contribution in [0.4, 0.5) is 5.82 Å². The zero-order valence-electron chi connectivity index (χ0n) is 12.9. The van der Waals surface area contributed by atoms with Gasteiger partial charge in [0.15, 0.2) is 0 Å². The molecule has 22 heavy (non-hydrogen) atoms. The molecule has 0 atom stereocenters. The molecule has 0 bridgehead atoms. The molecule has 5 heteroatoms. The normalized spacial score (nSPS) is 23.7. The maximum absolute atomic E-state index is 12.2. The molecule has 0 aromatic carbocycles. The van der Waals surface area contributed by atoms with Crippen molar-refractivity contribution in [2.45, 2.75) is 50.2 Å². The lowest BCUT2D eigenvalue weighted by atomic mass is 9.88. The molecule has 0 unspecified atom stereocenters. The SMILES string of the molecule is O=C(NC1CC1)c1ccnc(N2CCC3(CCCO3)CC2)c1. The molecule has 1 aromatic rings. The number of hydrogen-bond acceptors (Lipinski definition) is 4. The van der Waals surface area contributed by atoms with Crippen molar-refractivity contribution < 1.29 is 9.53 Å². The number of carbonyl (C=O) groups is 1. The predicted octanol–water partition coefficient (Wildman–Crippen LogP) is 2.12. The predicted molar refractivity (Wildman–Crippen MR) is 84.1 cm³/mol. The molecule has 2 aliphatic heterocycles. The first-order valence-corrected chi connectivity index (χ1v) is 8.40. The second-order valence-electron chi connectivity index (χ2n) is 6.77. The van der Waals surface area contributed by atoms with Crippen LogP contribution in [-0.2, 0) is 4.74 Å². The van der Waals surface area contributed by atoms with Crippen molar-refractivity contribution in [1.29, 1.82) is 0 Å². The molecule has 1 amide bonds. The smallest absolute Gasteiger partial charge is 0.251 e. The first-order chi connectivity index (χ1) is 10.7. The van der Waals surface area contributed by atoms with Gasteiger partial charge in [0.2, 0.25) is 0 Å². The third-order valence-corrected chi connectivity index (χ3v) is 5.10. The molecular formula is C17H23N3O2. The van der Waals surface area contributed by atoms with E-state index in [9.17, 15) is 4.79 Å². The van der Waals surface area contributed by atoms with Gasteiger partial charge >= 0.3 is 0 Å². The molecule has 1 saturated carbocycles. The van der Waals surface area contributed by atoms with E-state index in [0.717, 1.165) is 51.2 Å². The summed E-state index contributed by atoms with van der Waals surface area (Å²) in [6.45, 7) is 2.83. The Kier molecular flexibility index (Phi) is 3.53. The van der Waals surface area contributed by atoms with Gasteiger partial charge in [0, 0.05) is 37.5 Å². The summed E-state index contributed by atoms with van der Waals surface area (Å²) in [5, 5.41) is 3.03. The van der Waals surface area contributed by atoms with Gasteiger partial charge in [-0.2, -0.15) is 0 Å². The van der Waals surface area contributed by atoms with E-state index >= 15 is 0 Å². The topological polar surface area (TPSA) is 54.5 Å². The maximum atomic E-state index is 12.2. The van der Waals surface area contributed by atoms with Gasteiger partial charge in [0.1, 0.15) is 5.82 Å². The van der Waals surface area contributed by atoms with E-state index < -0.39 is 0 Å². The molecule has 3 aliphatic rings. The molecule has 3 heterocycles. The van der Waals surface area contributed by atoms with E-state index in [-0.39, 0.29) is 11.5 Å². The standard InChI is InChI=1S/C17H23N3O2/c21-16(19-14-2-3-14)13-4-8-18-15(12-13)20-9-6-17(7-10-20)5-1-11-22-17/h4,8,12,14H,1-3,5-7,9-11H2,(H,19,21). The Balaban J connectivity index is 1.43. The van der Waals surface area contributed by atoms with Crippen molar-refractivity contribution in [3.05, 3.63) is 23.9 Å². The molecule has 2 saturated heterocycles. The van der Waals surface area contributed by atoms with Crippen molar-refractivity contribution in [3.63, 3.8) is 0 Å². The summed E-state index contributed by atoms with van der Waals surface area (Å²) in [7, 11) is 0. The molecular weight excluding hydrogens is 278 g/mol. The van der Waals surface area contributed by atoms with Crippen molar-refractivity contribution in [3.8, 4) is 0 Å². The lowest BCUT2D eigenvalue weighted by molar-refractivity contribution is -0.0147. The molecule has 1 aliphatic carbocycles. The number of pyridine rings is 1. The molecule has 3 fully saturated rings. The third kappa shape index (κ3) is 2.82. The van der Waals surface area contributed by atoms with Gasteiger partial charge in [-0.3, -0.25) is 4.79 Å². The summed E-state index contributed by atoms with van der Waals surface area (Å²) in [4.78, 5) is 18.9. The second-order valence-corrected chi connectivity index (χ2v) is 6.77. The quantitative estimate of drug-likeness (QED) is 0.929. The molecule has 1 spiro atoms. The number of nitrogens with one attached hydrogen (secondary N) is 1. The van der Waals surface area contributed by atoms with Crippen LogP contribution in [0.2, 0.25) is 0 Å². The number of hydrogen-bond donors (Lipinski definition) is 1. The monoisotopic (exact) mass is 301 g/mol. The Hall–Kier alpha value is -1.62. The number of rotatable bonds is 3. The van der Waals surface area contributed by atoms with Gasteiger partial charge in [-0.15, -0.1) is 0 Å². The zero-order valence-corrected chi connectivity index (χ0v) is 12.9. The summed E-state index contributed by atoms with van der Waals surface area (Å²) in [5.74, 6) is 0.940. The summed E-state index contributed by atoms with van der Waals surface area (Å²) < 4.78 is 5.97. The van der Waals surface area contributed by atoms with E-state index in [2.05, 4.69) is 15.2 Å². The fourth-order valence-corrected chi connectivity index (χ4v) is 3.52. The minimum absolute atomic E-state index is 0.0266. The van der Waals surface area contributed by atoms with Gasteiger partial charge in [0.25, 0.3) is 5.91 Å². The summed E-state index contributed by atoms with van der Waals surface area (Å²) in [6.07, 6.45) is 8.47. The highest BCUT2D eigenvalue weighted by Gasteiger charge is 2.38. The number of amides is 1. The Morgan fingerprint density at radius 2 is 2.14 bits per heavy atom. The van der Waals surface area contributed by atoms with Crippen LogP contribution < -0.4 is 10.2 Å². The number of aromatic nitrogens is 1. The van der Waals surface area contributed by atoms with Crippen molar-refractivity contribution >= 4 is 11.7 Å². The Morgan fingerprint density at radius 3 is 2.82 bits per heavy atom. The van der Waals surface area contributed by atoms with Crippen LogP contribution in [0.15, 0.2) is 18.3 Å². The average molecular weight is 301 g/mol. The summed E-state index contributed by atoms with van der Waals surface area (Å²) in [6, 6.07) is 4.11. The fraction of sp³-hybridized carbons (Fsp3) is 0.647. The molecule has 5 nitrogen and oxygen atoms in total. The number of carbonyl (C=O) groups excluding carboxylic acids is 1. The average Bonchev–Trinajstić information content (AvgIpc) is 3.26. The van der Waals surface area contributed by atoms with Gasteiger partial charge in [0.05, 0.1) is 5.60 Å². The van der Waals surface area contributed by atoms with Crippen LogP contribution >= 0.6 is 0 Å². The molecule has 1 aromatic heterocycles. The van der Waals surface area contributed by atoms with E-state index in [1.54, 1.807) is 12.3 Å². The molecule has 4 rings (SSSR count). The van der Waals surface area contributed by atoms with Crippen LogP contribution in [0.3, 0.4) is 0 Å². The van der Waals surface area contributed by atoms with E-state index in [1.807, 2.05) is 6.07 Å². The van der Waals surface area contributed by atoms with E-state index in [0.29, 0.717) is 11.6 Å². The lowest BCUT2D eigenvalue weighted by Crippen LogP contribution is -2.44. The van der Waals surface area contributed by atoms with Crippen LogP contribution in [0, 0.1) is 0 Å². The van der Waals surface area contributed by atoms with Crippen LogP contribution in [0.1, 0.15) is 48.9 Å². The molecule has 0 radical (unpaired) electrons. The number of nitrogens with zero attached hydrogens (tertiary/aromatic N) is 2. The number of anilines is 1. The number of piperidine rings is 1. The van der Waals surface area contributed by atoms with Crippen molar-refractivity contribution in [1.82, 2.24) is 10.3 Å². The van der Waals surface area contributed by atoms with Gasteiger partial charge in [-0.05, 0) is 50.7 Å². The lowest BCUT2D eigenvalue weighted by Gasteiger charge is -2.39. The third-order valence-electron chi connectivity index (χ3n) is 5.10. The fourth-order valence-electron chi connectivity index (χ4n) is 3.52. The van der Waals surface area contributed by atoms with Crippen molar-refractivity contribution in [2.24, 2.45) is 0 Å². The maximum Gasteiger partial charge on any atom is 0.251 e. The minimum Gasteiger partial charge on any atom is -0.375 e. The summed E-state index contributed by atoms with van der Waals surface area (Å²) in [5.41, 5.74) is 0.839. The summed E-state index contributed by atoms with van der Waals surface area (Å²) >= 11 is 0. The van der Waals surface area contributed by atoms with Crippen LogP contribution in [0.25, 0.3) is 0 Å². The van der Waals surface area contributed by atoms with Gasteiger partial charge in [-0.25, -0.2) is 4.98 Å². The Bertz CT molecular complexity index is 555. The highest BCUT2D eigenvalue weighted by Crippen LogP contribution is 2.36. The minimum atomic E-state index is 0.0266. The largest absolute Gasteiger partial charge is 0.375 e. The van der Waals surface area contributed by atoms with Crippen LogP contribution in [-0.4, -0.2) is 42.2 Å². The van der Waals surface area contributed by atoms with E-state index in [4.69, 9.17) is 4.74 Å². The highest BCUT2D eigenvalue weighted by molar-refractivity contribution is 5.95. The first kappa shape index (κ1) is 14.0.